The average molecular weight is 338 g/mol. The predicted molar refractivity (Wildman–Crippen MR) is 87.3 cm³/mol. The van der Waals surface area contributed by atoms with Gasteiger partial charge in [-0.25, -0.2) is 13.1 Å². The number of para-hydroxylation sites is 1. The van der Waals surface area contributed by atoms with Gasteiger partial charge in [0.1, 0.15) is 6.04 Å². The van der Waals surface area contributed by atoms with E-state index in [1.165, 1.54) is 4.90 Å². The number of carbonyl (C=O) groups is 2. The number of anilines is 1. The second-order valence-electron chi connectivity index (χ2n) is 5.32. The van der Waals surface area contributed by atoms with Crippen molar-refractivity contribution in [2.24, 2.45) is 0 Å². The van der Waals surface area contributed by atoms with Crippen molar-refractivity contribution in [2.45, 2.75) is 18.9 Å². The Morgan fingerprint density at radius 3 is 2.65 bits per heavy atom. The molecule has 0 fully saturated rings. The molecule has 8 heteroatoms. The Labute approximate surface area is 136 Å². The van der Waals surface area contributed by atoms with Crippen LogP contribution in [-0.2, 0) is 26.0 Å². The Morgan fingerprint density at radius 2 is 2.00 bits per heavy atom. The third-order valence-corrected chi connectivity index (χ3v) is 4.28. The van der Waals surface area contributed by atoms with Crippen LogP contribution in [0.5, 0.6) is 0 Å². The monoisotopic (exact) mass is 338 g/mol. The fraction of sp³-hybridized carbons (Fsp3) is 0.400. The summed E-state index contributed by atoms with van der Waals surface area (Å²) in [6.07, 6.45) is 1.55. The summed E-state index contributed by atoms with van der Waals surface area (Å²) in [6.45, 7) is 3.86. The molecule has 23 heavy (non-hydrogen) atoms. The smallest absolute Gasteiger partial charge is 0.243 e. The van der Waals surface area contributed by atoms with Gasteiger partial charge in [-0.1, -0.05) is 18.2 Å². The van der Waals surface area contributed by atoms with Crippen LogP contribution >= 0.6 is 0 Å². The van der Waals surface area contributed by atoms with Crippen LogP contribution < -0.4 is 14.9 Å². The molecule has 1 aliphatic heterocycles. The second-order valence-corrected chi connectivity index (χ2v) is 7.15. The van der Waals surface area contributed by atoms with E-state index in [-0.39, 0.29) is 31.3 Å². The largest absolute Gasteiger partial charge is 0.353 e. The molecular formula is C15H20N3O4S. The van der Waals surface area contributed by atoms with E-state index in [0.717, 1.165) is 17.5 Å². The third-order valence-electron chi connectivity index (χ3n) is 3.55. The molecule has 7 nitrogen and oxygen atoms in total. The minimum atomic E-state index is -3.29. The van der Waals surface area contributed by atoms with Crippen molar-refractivity contribution in [3.05, 3.63) is 36.8 Å². The molecular weight excluding hydrogens is 318 g/mol. The summed E-state index contributed by atoms with van der Waals surface area (Å²) in [6, 6.07) is 6.75. The van der Waals surface area contributed by atoms with Crippen molar-refractivity contribution in [2.75, 3.05) is 24.2 Å². The van der Waals surface area contributed by atoms with Crippen molar-refractivity contribution >= 4 is 27.5 Å². The van der Waals surface area contributed by atoms with Crippen LogP contribution in [-0.4, -0.2) is 45.6 Å². The van der Waals surface area contributed by atoms with Gasteiger partial charge in [0.15, 0.2) is 0 Å². The number of amides is 2. The van der Waals surface area contributed by atoms with Crippen molar-refractivity contribution in [1.29, 1.82) is 0 Å². The molecule has 0 saturated heterocycles. The Kier molecular flexibility index (Phi) is 5.38. The molecule has 1 aromatic carbocycles. The van der Waals surface area contributed by atoms with E-state index in [1.807, 2.05) is 18.2 Å². The Hall–Kier alpha value is -1.93. The van der Waals surface area contributed by atoms with E-state index in [9.17, 15) is 18.0 Å². The zero-order chi connectivity index (χ0) is 17.0. The number of nitrogens with zero attached hydrogens (tertiary/aromatic N) is 1. The van der Waals surface area contributed by atoms with Gasteiger partial charge in [0.05, 0.1) is 6.26 Å². The minimum absolute atomic E-state index is 0.0632. The summed E-state index contributed by atoms with van der Waals surface area (Å²) in [5.74, 6) is -0.525. The SMILES string of the molecule is [CH2]CC(=O)N1c2ccccc2C[C@H]1C(=O)NCCNS(C)(=O)=O. The number of rotatable bonds is 6. The summed E-state index contributed by atoms with van der Waals surface area (Å²) in [4.78, 5) is 26.0. The molecule has 0 unspecified atom stereocenters. The zero-order valence-electron chi connectivity index (χ0n) is 12.9. The first kappa shape index (κ1) is 17.4. The van der Waals surface area contributed by atoms with E-state index >= 15 is 0 Å². The lowest BCUT2D eigenvalue weighted by molar-refractivity contribution is -0.125. The van der Waals surface area contributed by atoms with Gasteiger partial charge in [-0.3, -0.25) is 14.5 Å². The third kappa shape index (κ3) is 4.29. The molecule has 125 valence electrons. The summed E-state index contributed by atoms with van der Waals surface area (Å²) >= 11 is 0. The Morgan fingerprint density at radius 1 is 1.30 bits per heavy atom. The van der Waals surface area contributed by atoms with Crippen LogP contribution in [0.25, 0.3) is 0 Å². The summed E-state index contributed by atoms with van der Waals surface area (Å²) in [5.41, 5.74) is 1.67. The number of hydrogen-bond acceptors (Lipinski definition) is 4. The number of carbonyl (C=O) groups excluding carboxylic acids is 2. The Bertz CT molecular complexity index is 702. The normalized spacial score (nSPS) is 17.0. The number of sulfonamides is 1. The van der Waals surface area contributed by atoms with Gasteiger partial charge in [-0.15, -0.1) is 0 Å². The molecule has 2 amide bonds. The lowest BCUT2D eigenvalue weighted by Crippen LogP contribution is -2.49. The van der Waals surface area contributed by atoms with Gasteiger partial charge in [0.2, 0.25) is 21.8 Å². The predicted octanol–water partition coefficient (Wildman–Crippen LogP) is -0.166. The van der Waals surface area contributed by atoms with Crippen LogP contribution in [0.2, 0.25) is 0 Å². The van der Waals surface area contributed by atoms with Crippen LogP contribution in [0, 0.1) is 6.92 Å². The van der Waals surface area contributed by atoms with Gasteiger partial charge in [0, 0.05) is 31.6 Å². The lowest BCUT2D eigenvalue weighted by Gasteiger charge is -2.24. The van der Waals surface area contributed by atoms with E-state index < -0.39 is 16.1 Å². The van der Waals surface area contributed by atoms with E-state index in [2.05, 4.69) is 17.0 Å². The van der Waals surface area contributed by atoms with E-state index in [1.54, 1.807) is 6.07 Å². The molecule has 1 atom stereocenters. The maximum atomic E-state index is 12.4. The fourth-order valence-electron chi connectivity index (χ4n) is 2.56. The summed E-state index contributed by atoms with van der Waals surface area (Å²) in [7, 11) is -3.29. The highest BCUT2D eigenvalue weighted by molar-refractivity contribution is 7.88. The van der Waals surface area contributed by atoms with Crippen molar-refractivity contribution in [3.8, 4) is 0 Å². The quantitative estimate of drug-likeness (QED) is 0.704. The highest BCUT2D eigenvalue weighted by Crippen LogP contribution is 2.32. The molecule has 1 radical (unpaired) electrons. The van der Waals surface area contributed by atoms with Crippen LogP contribution in [0.3, 0.4) is 0 Å². The average Bonchev–Trinajstić information content (AvgIpc) is 2.89. The molecule has 0 saturated carbocycles. The minimum Gasteiger partial charge on any atom is -0.353 e. The maximum absolute atomic E-state index is 12.4. The van der Waals surface area contributed by atoms with Gasteiger partial charge in [-0.05, 0) is 18.6 Å². The van der Waals surface area contributed by atoms with Gasteiger partial charge < -0.3 is 5.32 Å². The van der Waals surface area contributed by atoms with Crippen molar-refractivity contribution in [1.82, 2.24) is 10.0 Å². The first-order valence-corrected chi connectivity index (χ1v) is 9.14. The van der Waals surface area contributed by atoms with Crippen LogP contribution in [0.1, 0.15) is 12.0 Å². The Balaban J connectivity index is 2.03. The van der Waals surface area contributed by atoms with E-state index in [4.69, 9.17) is 0 Å². The molecule has 0 spiro atoms. The van der Waals surface area contributed by atoms with Gasteiger partial charge in [-0.2, -0.15) is 0 Å². The molecule has 0 aliphatic carbocycles. The number of hydrogen-bond donors (Lipinski definition) is 2. The van der Waals surface area contributed by atoms with E-state index in [0.29, 0.717) is 6.42 Å². The zero-order valence-corrected chi connectivity index (χ0v) is 13.7. The first-order chi connectivity index (χ1) is 10.8. The van der Waals surface area contributed by atoms with Gasteiger partial charge >= 0.3 is 0 Å². The topological polar surface area (TPSA) is 95.6 Å². The molecule has 0 bridgehead atoms. The number of fused-ring (bicyclic) bond motifs is 1. The molecule has 2 N–H and O–H groups in total. The molecule has 0 aromatic heterocycles. The number of nitrogens with one attached hydrogen (secondary N) is 2. The summed E-state index contributed by atoms with van der Waals surface area (Å²) < 4.78 is 24.3. The molecule has 2 rings (SSSR count). The fourth-order valence-corrected chi connectivity index (χ4v) is 3.04. The maximum Gasteiger partial charge on any atom is 0.243 e. The van der Waals surface area contributed by atoms with Crippen LogP contribution in [0.15, 0.2) is 24.3 Å². The van der Waals surface area contributed by atoms with Gasteiger partial charge in [0.25, 0.3) is 0 Å². The van der Waals surface area contributed by atoms with Crippen molar-refractivity contribution < 1.29 is 18.0 Å². The highest BCUT2D eigenvalue weighted by atomic mass is 32.2. The molecule has 1 heterocycles. The second kappa shape index (κ2) is 7.10. The lowest BCUT2D eigenvalue weighted by atomic mass is 10.1. The highest BCUT2D eigenvalue weighted by Gasteiger charge is 2.37. The summed E-state index contributed by atoms with van der Waals surface area (Å²) in [5, 5.41) is 2.66. The van der Waals surface area contributed by atoms with Crippen LogP contribution in [0.4, 0.5) is 5.69 Å². The van der Waals surface area contributed by atoms with Crippen molar-refractivity contribution in [3.63, 3.8) is 0 Å². The molecule has 1 aliphatic rings. The number of benzene rings is 1. The standard InChI is InChI=1S/C15H20N3O4S/c1-3-14(19)18-12-7-5-4-6-11(12)10-13(18)15(20)16-8-9-17-23(2,21)22/h4-7,13,17H,1,3,8-10H2,2H3,(H,16,20)/t13-/m0/s1. The first-order valence-electron chi connectivity index (χ1n) is 7.25. The molecule has 1 aromatic rings.